The Kier molecular flexibility index (Phi) is 5.24. The smallest absolute Gasteiger partial charge is 0.308 e. The number of nitrogens with zero attached hydrogens (tertiary/aromatic N) is 1. The van der Waals surface area contributed by atoms with Crippen LogP contribution < -0.4 is 0 Å². The molecule has 0 unspecified atom stereocenters. The SMILES string of the molecule is O=C(O)Cc1sc(-c2ccc(Cl)cc2)nc1-c1ccc(-c2ccccc2)cc1. The van der Waals surface area contributed by atoms with E-state index in [-0.39, 0.29) is 6.42 Å². The lowest BCUT2D eigenvalue weighted by atomic mass is 10.0. The first-order valence-corrected chi connectivity index (χ1v) is 9.93. The molecule has 4 rings (SSSR count). The van der Waals surface area contributed by atoms with Crippen molar-refractivity contribution in [1.29, 1.82) is 0 Å². The number of thiazole rings is 1. The zero-order valence-electron chi connectivity index (χ0n) is 14.8. The number of carboxylic acids is 1. The van der Waals surface area contributed by atoms with Gasteiger partial charge in [-0.3, -0.25) is 4.79 Å². The molecule has 28 heavy (non-hydrogen) atoms. The van der Waals surface area contributed by atoms with Crippen LogP contribution in [0.25, 0.3) is 33.0 Å². The van der Waals surface area contributed by atoms with Gasteiger partial charge in [0.1, 0.15) is 5.01 Å². The summed E-state index contributed by atoms with van der Waals surface area (Å²) in [7, 11) is 0. The summed E-state index contributed by atoms with van der Waals surface area (Å²) in [5, 5.41) is 10.8. The number of benzene rings is 3. The van der Waals surface area contributed by atoms with E-state index in [1.807, 2.05) is 66.7 Å². The maximum atomic E-state index is 11.3. The number of rotatable bonds is 5. The summed E-state index contributed by atoms with van der Waals surface area (Å²) in [6, 6.07) is 25.6. The Bertz CT molecular complexity index is 1100. The normalized spacial score (nSPS) is 10.8. The number of halogens is 1. The molecule has 0 saturated heterocycles. The zero-order valence-corrected chi connectivity index (χ0v) is 16.4. The quantitative estimate of drug-likeness (QED) is 0.416. The second kappa shape index (κ2) is 7.97. The number of carbonyl (C=O) groups is 1. The van der Waals surface area contributed by atoms with E-state index in [1.54, 1.807) is 0 Å². The highest BCUT2D eigenvalue weighted by Gasteiger charge is 2.17. The molecule has 138 valence electrons. The predicted octanol–water partition coefficient (Wildman–Crippen LogP) is 6.42. The average molecular weight is 406 g/mol. The zero-order chi connectivity index (χ0) is 19.5. The third-order valence-corrected chi connectivity index (χ3v) is 5.72. The molecule has 0 spiro atoms. The molecule has 0 atom stereocenters. The predicted molar refractivity (Wildman–Crippen MR) is 115 cm³/mol. The average Bonchev–Trinajstić information content (AvgIpc) is 3.12. The van der Waals surface area contributed by atoms with Gasteiger partial charge in [0.15, 0.2) is 0 Å². The van der Waals surface area contributed by atoms with Crippen LogP contribution in [-0.4, -0.2) is 16.1 Å². The Morgan fingerprint density at radius 1 is 0.821 bits per heavy atom. The minimum atomic E-state index is -0.867. The monoisotopic (exact) mass is 405 g/mol. The minimum Gasteiger partial charge on any atom is -0.481 e. The lowest BCUT2D eigenvalue weighted by molar-refractivity contribution is -0.136. The number of hydrogen-bond acceptors (Lipinski definition) is 3. The lowest BCUT2D eigenvalue weighted by Gasteiger charge is -2.04. The van der Waals surface area contributed by atoms with Crippen molar-refractivity contribution in [1.82, 2.24) is 4.98 Å². The van der Waals surface area contributed by atoms with Crippen molar-refractivity contribution in [3.05, 3.63) is 88.8 Å². The van der Waals surface area contributed by atoms with Gasteiger partial charge >= 0.3 is 5.97 Å². The van der Waals surface area contributed by atoms with Crippen LogP contribution in [0.4, 0.5) is 0 Å². The Hall–Kier alpha value is -2.95. The number of carboxylic acid groups (broad SMARTS) is 1. The van der Waals surface area contributed by atoms with E-state index < -0.39 is 5.97 Å². The van der Waals surface area contributed by atoms with Gasteiger partial charge in [-0.15, -0.1) is 11.3 Å². The number of aromatic nitrogens is 1. The number of aliphatic carboxylic acids is 1. The number of hydrogen-bond donors (Lipinski definition) is 1. The highest BCUT2D eigenvalue weighted by Crippen LogP contribution is 2.35. The van der Waals surface area contributed by atoms with E-state index in [9.17, 15) is 9.90 Å². The standard InChI is InChI=1S/C23H16ClNO2S/c24-19-12-10-18(11-13-19)23-25-22(20(28-23)14-21(26)27)17-8-6-16(7-9-17)15-4-2-1-3-5-15/h1-13H,14H2,(H,26,27). The van der Waals surface area contributed by atoms with Gasteiger partial charge in [-0.1, -0.05) is 78.3 Å². The molecule has 0 aliphatic rings. The fourth-order valence-corrected chi connectivity index (χ4v) is 4.21. The van der Waals surface area contributed by atoms with Gasteiger partial charge in [0, 0.05) is 21.0 Å². The maximum absolute atomic E-state index is 11.3. The molecule has 0 aliphatic carbocycles. The largest absolute Gasteiger partial charge is 0.481 e. The molecule has 0 bridgehead atoms. The Morgan fingerprint density at radius 3 is 2.04 bits per heavy atom. The minimum absolute atomic E-state index is 0.0545. The van der Waals surface area contributed by atoms with Crippen molar-refractivity contribution in [2.24, 2.45) is 0 Å². The molecular formula is C23H16ClNO2S. The summed E-state index contributed by atoms with van der Waals surface area (Å²) < 4.78 is 0. The van der Waals surface area contributed by atoms with Gasteiger partial charge in [0.2, 0.25) is 0 Å². The van der Waals surface area contributed by atoms with Gasteiger partial charge in [-0.25, -0.2) is 4.98 Å². The molecular weight excluding hydrogens is 390 g/mol. The molecule has 4 aromatic rings. The molecule has 1 N–H and O–H groups in total. The molecule has 0 radical (unpaired) electrons. The van der Waals surface area contributed by atoms with Crippen LogP contribution in [-0.2, 0) is 11.2 Å². The summed E-state index contributed by atoms with van der Waals surface area (Å²) in [6.45, 7) is 0. The van der Waals surface area contributed by atoms with E-state index in [1.165, 1.54) is 11.3 Å². The molecule has 1 heterocycles. The Labute approximate surface area is 171 Å². The molecule has 0 aliphatic heterocycles. The van der Waals surface area contributed by atoms with Crippen LogP contribution in [0.1, 0.15) is 4.88 Å². The summed E-state index contributed by atoms with van der Waals surface area (Å²) >= 11 is 7.38. The van der Waals surface area contributed by atoms with Crippen LogP contribution in [0, 0.1) is 0 Å². The van der Waals surface area contributed by atoms with Gasteiger partial charge in [-0.2, -0.15) is 0 Å². The van der Waals surface area contributed by atoms with Gasteiger partial charge in [0.25, 0.3) is 0 Å². The molecule has 3 aromatic carbocycles. The van der Waals surface area contributed by atoms with Crippen molar-refractivity contribution in [2.45, 2.75) is 6.42 Å². The van der Waals surface area contributed by atoms with Crippen molar-refractivity contribution in [2.75, 3.05) is 0 Å². The molecule has 1 aromatic heterocycles. The summed E-state index contributed by atoms with van der Waals surface area (Å²) in [4.78, 5) is 16.8. The van der Waals surface area contributed by atoms with E-state index in [2.05, 4.69) is 12.1 Å². The first kappa shape index (κ1) is 18.4. The Balaban J connectivity index is 1.73. The van der Waals surface area contributed by atoms with Gasteiger partial charge in [0.05, 0.1) is 12.1 Å². The van der Waals surface area contributed by atoms with Crippen molar-refractivity contribution < 1.29 is 9.90 Å². The van der Waals surface area contributed by atoms with Crippen molar-refractivity contribution in [3.8, 4) is 33.0 Å². The summed E-state index contributed by atoms with van der Waals surface area (Å²) in [6.07, 6.45) is -0.0545. The van der Waals surface area contributed by atoms with Gasteiger partial charge < -0.3 is 5.11 Å². The van der Waals surface area contributed by atoms with Crippen LogP contribution in [0.5, 0.6) is 0 Å². The molecule has 0 saturated carbocycles. The summed E-state index contributed by atoms with van der Waals surface area (Å²) in [5.74, 6) is -0.867. The van der Waals surface area contributed by atoms with Crippen LogP contribution in [0.15, 0.2) is 78.9 Å². The van der Waals surface area contributed by atoms with E-state index in [4.69, 9.17) is 16.6 Å². The van der Waals surface area contributed by atoms with Crippen LogP contribution >= 0.6 is 22.9 Å². The van der Waals surface area contributed by atoms with Crippen LogP contribution in [0.3, 0.4) is 0 Å². The highest BCUT2D eigenvalue weighted by atomic mass is 35.5. The van der Waals surface area contributed by atoms with E-state index in [0.717, 1.165) is 37.8 Å². The van der Waals surface area contributed by atoms with E-state index >= 15 is 0 Å². The molecule has 0 fully saturated rings. The van der Waals surface area contributed by atoms with Gasteiger partial charge in [-0.05, 0) is 23.3 Å². The topological polar surface area (TPSA) is 50.2 Å². The van der Waals surface area contributed by atoms with Crippen molar-refractivity contribution in [3.63, 3.8) is 0 Å². The Morgan fingerprint density at radius 2 is 1.39 bits per heavy atom. The first-order chi connectivity index (χ1) is 13.6. The molecule has 3 nitrogen and oxygen atoms in total. The van der Waals surface area contributed by atoms with E-state index in [0.29, 0.717) is 5.02 Å². The first-order valence-electron chi connectivity index (χ1n) is 8.73. The lowest BCUT2D eigenvalue weighted by Crippen LogP contribution is -1.99. The third-order valence-electron chi connectivity index (χ3n) is 4.37. The summed E-state index contributed by atoms with van der Waals surface area (Å²) in [5.41, 5.74) is 4.80. The fourth-order valence-electron chi connectivity index (χ4n) is 3.00. The molecule has 5 heteroatoms. The van der Waals surface area contributed by atoms with Crippen molar-refractivity contribution >= 4 is 28.9 Å². The second-order valence-electron chi connectivity index (χ2n) is 6.31. The maximum Gasteiger partial charge on any atom is 0.308 e. The molecule has 0 amide bonds. The van der Waals surface area contributed by atoms with Crippen LogP contribution in [0.2, 0.25) is 5.02 Å². The highest BCUT2D eigenvalue weighted by molar-refractivity contribution is 7.15. The fraction of sp³-hybridized carbons (Fsp3) is 0.0435. The third kappa shape index (κ3) is 3.98. The second-order valence-corrected chi connectivity index (χ2v) is 7.83.